The van der Waals surface area contributed by atoms with E-state index in [0.29, 0.717) is 15.1 Å². The third-order valence-corrected chi connectivity index (χ3v) is 4.04. The number of nitrogens with one attached hydrogen (secondary N) is 1. The summed E-state index contributed by atoms with van der Waals surface area (Å²) in [4.78, 5) is 12.1. The second-order valence-electron chi connectivity index (χ2n) is 4.23. The van der Waals surface area contributed by atoms with Crippen molar-refractivity contribution in [2.24, 2.45) is 0 Å². The van der Waals surface area contributed by atoms with Gasteiger partial charge in [0.2, 0.25) is 0 Å². The maximum atomic E-state index is 12.1. The van der Waals surface area contributed by atoms with Crippen molar-refractivity contribution in [2.75, 3.05) is 0 Å². The van der Waals surface area contributed by atoms with E-state index in [9.17, 15) is 4.79 Å². The summed E-state index contributed by atoms with van der Waals surface area (Å²) in [6.45, 7) is 1.96. The molecule has 2 rings (SSSR count). The van der Waals surface area contributed by atoms with E-state index in [4.69, 9.17) is 11.6 Å². The van der Waals surface area contributed by atoms with Gasteiger partial charge in [0.25, 0.3) is 5.91 Å². The van der Waals surface area contributed by atoms with Gasteiger partial charge < -0.3 is 5.32 Å². The molecule has 0 aliphatic heterocycles. The average molecular weight is 339 g/mol. The quantitative estimate of drug-likeness (QED) is 0.871. The number of carbonyl (C=O) groups is 1. The minimum Gasteiger partial charge on any atom is -0.346 e. The standard InChI is InChI=1S/C15H13BrClNO/c1-10(11-5-3-2-4-6-11)18-15(19)12-7-8-14(17)13(16)9-12/h2-10H,1H3,(H,18,19). The average Bonchev–Trinajstić information content (AvgIpc) is 2.42. The van der Waals surface area contributed by atoms with Crippen LogP contribution in [-0.4, -0.2) is 5.91 Å². The van der Waals surface area contributed by atoms with Gasteiger partial charge in [-0.2, -0.15) is 0 Å². The van der Waals surface area contributed by atoms with E-state index in [1.54, 1.807) is 18.2 Å². The number of halogens is 2. The zero-order chi connectivity index (χ0) is 13.8. The maximum absolute atomic E-state index is 12.1. The van der Waals surface area contributed by atoms with Crippen LogP contribution in [0.15, 0.2) is 53.0 Å². The van der Waals surface area contributed by atoms with Gasteiger partial charge in [0.1, 0.15) is 0 Å². The van der Waals surface area contributed by atoms with Crippen molar-refractivity contribution in [3.05, 3.63) is 69.2 Å². The first-order valence-corrected chi connectivity index (χ1v) is 7.06. The lowest BCUT2D eigenvalue weighted by atomic mass is 10.1. The minimum atomic E-state index is -0.117. The summed E-state index contributed by atoms with van der Waals surface area (Å²) >= 11 is 9.22. The molecule has 0 aromatic heterocycles. The molecule has 2 aromatic rings. The van der Waals surface area contributed by atoms with Crippen LogP contribution in [0.2, 0.25) is 5.02 Å². The zero-order valence-corrected chi connectivity index (χ0v) is 12.7. The van der Waals surface area contributed by atoms with Gasteiger partial charge in [-0.05, 0) is 46.6 Å². The smallest absolute Gasteiger partial charge is 0.251 e. The molecule has 0 saturated heterocycles. The summed E-state index contributed by atoms with van der Waals surface area (Å²) in [7, 11) is 0. The highest BCUT2D eigenvalue weighted by atomic mass is 79.9. The molecule has 1 atom stereocenters. The minimum absolute atomic E-state index is 0.0387. The van der Waals surface area contributed by atoms with Crippen LogP contribution in [0, 0.1) is 0 Å². The number of hydrogen-bond donors (Lipinski definition) is 1. The Morgan fingerprint density at radius 3 is 2.53 bits per heavy atom. The lowest BCUT2D eigenvalue weighted by molar-refractivity contribution is 0.0940. The molecule has 0 aliphatic rings. The Labute approximate surface area is 125 Å². The number of rotatable bonds is 3. The highest BCUT2D eigenvalue weighted by molar-refractivity contribution is 9.10. The number of benzene rings is 2. The SMILES string of the molecule is CC(NC(=O)c1ccc(Cl)c(Br)c1)c1ccccc1. The Kier molecular flexibility index (Phi) is 4.61. The zero-order valence-electron chi connectivity index (χ0n) is 10.4. The van der Waals surface area contributed by atoms with Crippen molar-refractivity contribution in [1.82, 2.24) is 5.32 Å². The molecule has 0 fully saturated rings. The molecular formula is C15H13BrClNO. The third kappa shape index (κ3) is 3.58. The van der Waals surface area contributed by atoms with Crippen LogP contribution in [0.3, 0.4) is 0 Å². The van der Waals surface area contributed by atoms with Crippen LogP contribution in [0.4, 0.5) is 0 Å². The monoisotopic (exact) mass is 337 g/mol. The van der Waals surface area contributed by atoms with E-state index >= 15 is 0 Å². The molecule has 19 heavy (non-hydrogen) atoms. The summed E-state index contributed by atoms with van der Waals surface area (Å²) in [5.41, 5.74) is 1.66. The number of hydrogen-bond acceptors (Lipinski definition) is 1. The Balaban J connectivity index is 2.11. The molecule has 0 bridgehead atoms. The predicted octanol–water partition coefficient (Wildman–Crippen LogP) is 4.59. The fourth-order valence-electron chi connectivity index (χ4n) is 1.74. The van der Waals surface area contributed by atoms with Crippen LogP contribution in [0.25, 0.3) is 0 Å². The number of carbonyl (C=O) groups excluding carboxylic acids is 1. The van der Waals surface area contributed by atoms with Gasteiger partial charge in [-0.25, -0.2) is 0 Å². The second kappa shape index (κ2) is 6.22. The van der Waals surface area contributed by atoms with E-state index in [1.807, 2.05) is 37.3 Å². The molecule has 0 heterocycles. The summed E-state index contributed by atoms with van der Waals surface area (Å²) < 4.78 is 0.717. The topological polar surface area (TPSA) is 29.1 Å². The summed E-state index contributed by atoms with van der Waals surface area (Å²) in [5.74, 6) is -0.117. The van der Waals surface area contributed by atoms with E-state index in [0.717, 1.165) is 5.56 Å². The van der Waals surface area contributed by atoms with E-state index < -0.39 is 0 Å². The lowest BCUT2D eigenvalue weighted by Gasteiger charge is -2.14. The first-order chi connectivity index (χ1) is 9.08. The number of amides is 1. The molecule has 1 unspecified atom stereocenters. The summed E-state index contributed by atoms with van der Waals surface area (Å²) in [6.07, 6.45) is 0. The van der Waals surface area contributed by atoms with Gasteiger partial charge in [0.15, 0.2) is 0 Å². The Morgan fingerprint density at radius 1 is 1.21 bits per heavy atom. The molecule has 0 radical (unpaired) electrons. The van der Waals surface area contributed by atoms with Crippen molar-refractivity contribution < 1.29 is 4.79 Å². The molecule has 1 N–H and O–H groups in total. The van der Waals surface area contributed by atoms with Gasteiger partial charge >= 0.3 is 0 Å². The Hall–Kier alpha value is -1.32. The predicted molar refractivity (Wildman–Crippen MR) is 81.5 cm³/mol. The lowest BCUT2D eigenvalue weighted by Crippen LogP contribution is -2.26. The molecule has 1 amide bonds. The van der Waals surface area contributed by atoms with Crippen molar-refractivity contribution in [3.63, 3.8) is 0 Å². The fraction of sp³-hybridized carbons (Fsp3) is 0.133. The van der Waals surface area contributed by atoms with Gasteiger partial charge in [-0.15, -0.1) is 0 Å². The summed E-state index contributed by atoms with van der Waals surface area (Å²) in [6, 6.07) is 14.9. The molecule has 98 valence electrons. The molecule has 0 saturated carbocycles. The molecule has 2 nitrogen and oxygen atoms in total. The van der Waals surface area contributed by atoms with Gasteiger partial charge in [0, 0.05) is 10.0 Å². The molecular weight excluding hydrogens is 326 g/mol. The summed E-state index contributed by atoms with van der Waals surface area (Å²) in [5, 5.41) is 3.55. The normalized spacial score (nSPS) is 11.9. The van der Waals surface area contributed by atoms with Crippen molar-refractivity contribution in [1.29, 1.82) is 0 Å². The van der Waals surface area contributed by atoms with Crippen LogP contribution in [0.1, 0.15) is 28.9 Å². The first-order valence-electron chi connectivity index (χ1n) is 5.89. The molecule has 0 spiro atoms. The van der Waals surface area contributed by atoms with Crippen molar-refractivity contribution in [3.8, 4) is 0 Å². The van der Waals surface area contributed by atoms with Gasteiger partial charge in [0.05, 0.1) is 11.1 Å². The molecule has 2 aromatic carbocycles. The largest absolute Gasteiger partial charge is 0.346 e. The second-order valence-corrected chi connectivity index (χ2v) is 5.50. The highest BCUT2D eigenvalue weighted by Crippen LogP contribution is 2.23. The highest BCUT2D eigenvalue weighted by Gasteiger charge is 2.12. The maximum Gasteiger partial charge on any atom is 0.251 e. The first kappa shape index (κ1) is 14.1. The van der Waals surface area contributed by atoms with E-state index in [-0.39, 0.29) is 11.9 Å². The fourth-order valence-corrected chi connectivity index (χ4v) is 2.24. The van der Waals surface area contributed by atoms with Crippen LogP contribution < -0.4 is 5.32 Å². The third-order valence-electron chi connectivity index (χ3n) is 2.83. The van der Waals surface area contributed by atoms with E-state index in [1.165, 1.54) is 0 Å². The Bertz CT molecular complexity index is 586. The molecule has 0 aliphatic carbocycles. The van der Waals surface area contributed by atoms with Crippen LogP contribution in [0.5, 0.6) is 0 Å². The van der Waals surface area contributed by atoms with Crippen molar-refractivity contribution >= 4 is 33.4 Å². The van der Waals surface area contributed by atoms with Crippen LogP contribution >= 0.6 is 27.5 Å². The van der Waals surface area contributed by atoms with Crippen molar-refractivity contribution in [2.45, 2.75) is 13.0 Å². The van der Waals surface area contributed by atoms with Gasteiger partial charge in [-0.3, -0.25) is 4.79 Å². The van der Waals surface area contributed by atoms with Crippen LogP contribution in [-0.2, 0) is 0 Å². The van der Waals surface area contributed by atoms with E-state index in [2.05, 4.69) is 21.2 Å². The van der Waals surface area contributed by atoms with Gasteiger partial charge in [-0.1, -0.05) is 41.9 Å². The molecule has 4 heteroatoms. The Morgan fingerprint density at radius 2 is 1.89 bits per heavy atom.